The number of benzene rings is 3. The van der Waals surface area contributed by atoms with E-state index in [9.17, 15) is 0 Å². The molecule has 28 heavy (non-hydrogen) atoms. The molecule has 0 aromatic heterocycles. The molecule has 3 aromatic rings. The van der Waals surface area contributed by atoms with Gasteiger partial charge in [0.1, 0.15) is 0 Å². The van der Waals surface area contributed by atoms with Gasteiger partial charge in [-0.25, -0.2) is 0 Å². The molecule has 0 amide bonds. The fourth-order valence-electron chi connectivity index (χ4n) is 4.17. The summed E-state index contributed by atoms with van der Waals surface area (Å²) in [5.74, 6) is 3.12. The largest absolute Gasteiger partial charge is 0.493 e. The van der Waals surface area contributed by atoms with Crippen LogP contribution in [0, 0.1) is 0 Å². The van der Waals surface area contributed by atoms with E-state index in [-0.39, 0.29) is 5.92 Å². The van der Waals surface area contributed by atoms with Gasteiger partial charge in [0.15, 0.2) is 23.0 Å². The molecule has 0 heterocycles. The Kier molecular flexibility index (Phi) is 4.86. The molecule has 0 N–H and O–H groups in total. The van der Waals surface area contributed by atoms with Gasteiger partial charge in [-0.15, -0.1) is 0 Å². The molecule has 1 aliphatic carbocycles. The van der Waals surface area contributed by atoms with Gasteiger partial charge in [0.25, 0.3) is 0 Å². The molecular formula is C24H24O4. The van der Waals surface area contributed by atoms with Gasteiger partial charge < -0.3 is 18.9 Å². The van der Waals surface area contributed by atoms with Crippen LogP contribution in [0.4, 0.5) is 0 Å². The number of hydrogen-bond acceptors (Lipinski definition) is 4. The fourth-order valence-corrected chi connectivity index (χ4v) is 4.17. The van der Waals surface area contributed by atoms with E-state index in [4.69, 9.17) is 18.9 Å². The van der Waals surface area contributed by atoms with E-state index in [1.54, 1.807) is 28.4 Å². The van der Waals surface area contributed by atoms with Crippen molar-refractivity contribution in [2.75, 3.05) is 28.4 Å². The van der Waals surface area contributed by atoms with Crippen LogP contribution in [0.1, 0.15) is 22.6 Å². The zero-order valence-electron chi connectivity index (χ0n) is 16.6. The summed E-state index contributed by atoms with van der Waals surface area (Å²) >= 11 is 0. The summed E-state index contributed by atoms with van der Waals surface area (Å²) in [6.45, 7) is 0. The molecule has 4 rings (SSSR count). The van der Waals surface area contributed by atoms with Gasteiger partial charge in [0.2, 0.25) is 0 Å². The van der Waals surface area contributed by atoms with Crippen LogP contribution in [0.5, 0.6) is 23.0 Å². The molecule has 0 spiro atoms. The molecule has 0 bridgehead atoms. The van der Waals surface area contributed by atoms with Gasteiger partial charge in [0.05, 0.1) is 28.4 Å². The Morgan fingerprint density at radius 3 is 2.00 bits per heavy atom. The molecular weight excluding hydrogens is 352 g/mol. The maximum atomic E-state index is 5.80. The third-order valence-corrected chi connectivity index (χ3v) is 5.44. The first-order chi connectivity index (χ1) is 13.7. The number of rotatable bonds is 6. The van der Waals surface area contributed by atoms with E-state index in [2.05, 4.69) is 42.5 Å². The molecule has 0 saturated carbocycles. The zero-order chi connectivity index (χ0) is 19.7. The Labute approximate surface area is 165 Å². The van der Waals surface area contributed by atoms with E-state index in [0.717, 1.165) is 46.1 Å². The van der Waals surface area contributed by atoms with E-state index >= 15 is 0 Å². The molecule has 1 atom stereocenters. The molecule has 0 aliphatic heterocycles. The normalized spacial score (nSPS) is 14.2. The van der Waals surface area contributed by atoms with Crippen molar-refractivity contribution >= 4 is 0 Å². The molecule has 1 aliphatic rings. The molecule has 144 valence electrons. The number of hydrogen-bond donors (Lipinski definition) is 0. The maximum absolute atomic E-state index is 5.80. The summed E-state index contributed by atoms with van der Waals surface area (Å²) in [7, 11) is 6.70. The molecule has 1 unspecified atom stereocenters. The van der Waals surface area contributed by atoms with Crippen LogP contribution in [0.25, 0.3) is 11.1 Å². The summed E-state index contributed by atoms with van der Waals surface area (Å²) in [6, 6.07) is 18.7. The van der Waals surface area contributed by atoms with Crippen molar-refractivity contribution in [3.8, 4) is 34.1 Å². The van der Waals surface area contributed by atoms with Gasteiger partial charge >= 0.3 is 0 Å². The lowest BCUT2D eigenvalue weighted by molar-refractivity contribution is 0.350. The Morgan fingerprint density at radius 1 is 0.679 bits per heavy atom. The minimum Gasteiger partial charge on any atom is -0.493 e. The predicted octanol–water partition coefficient (Wildman–Crippen LogP) is 5.08. The van der Waals surface area contributed by atoms with E-state index < -0.39 is 0 Å². The minimum atomic E-state index is 0.136. The highest BCUT2D eigenvalue weighted by Gasteiger charge is 2.34. The quantitative estimate of drug-likeness (QED) is 0.601. The Balaban J connectivity index is 1.95. The summed E-state index contributed by atoms with van der Waals surface area (Å²) in [6.07, 6.45) is 0.861. The number of fused-ring (bicyclic) bond motifs is 3. The second kappa shape index (κ2) is 7.47. The van der Waals surface area contributed by atoms with Crippen LogP contribution in [0.3, 0.4) is 0 Å². The number of methoxy groups -OCH3 is 4. The minimum absolute atomic E-state index is 0.136. The van der Waals surface area contributed by atoms with Crippen molar-refractivity contribution in [2.45, 2.75) is 12.3 Å². The highest BCUT2D eigenvalue weighted by atomic mass is 16.5. The first-order valence-corrected chi connectivity index (χ1v) is 9.26. The number of ether oxygens (including phenoxy) is 4. The van der Waals surface area contributed by atoms with Crippen LogP contribution in [-0.2, 0) is 6.42 Å². The van der Waals surface area contributed by atoms with Crippen LogP contribution in [0.15, 0.2) is 54.6 Å². The maximum Gasteiger partial charge on any atom is 0.165 e. The van der Waals surface area contributed by atoms with Gasteiger partial charge in [-0.3, -0.25) is 0 Å². The second-order valence-corrected chi connectivity index (χ2v) is 6.80. The smallest absolute Gasteiger partial charge is 0.165 e. The van der Waals surface area contributed by atoms with E-state index in [1.165, 1.54) is 11.1 Å². The predicted molar refractivity (Wildman–Crippen MR) is 110 cm³/mol. The van der Waals surface area contributed by atoms with Crippen LogP contribution < -0.4 is 18.9 Å². The van der Waals surface area contributed by atoms with Crippen molar-refractivity contribution in [2.24, 2.45) is 0 Å². The SMILES string of the molecule is COc1cc2c(cc1OC)C(Cc1ccccc1)c1c-2ccc(OC)c1OC. The fraction of sp³-hybridized carbons (Fsp3) is 0.250. The molecule has 4 nitrogen and oxygen atoms in total. The van der Waals surface area contributed by atoms with Crippen LogP contribution in [0.2, 0.25) is 0 Å². The lowest BCUT2D eigenvalue weighted by Gasteiger charge is -2.19. The first-order valence-electron chi connectivity index (χ1n) is 9.26. The zero-order valence-corrected chi connectivity index (χ0v) is 16.6. The topological polar surface area (TPSA) is 36.9 Å². The van der Waals surface area contributed by atoms with Gasteiger partial charge in [-0.05, 0) is 46.9 Å². The Morgan fingerprint density at radius 2 is 1.36 bits per heavy atom. The van der Waals surface area contributed by atoms with Gasteiger partial charge in [0, 0.05) is 11.5 Å². The highest BCUT2D eigenvalue weighted by molar-refractivity contribution is 5.84. The summed E-state index contributed by atoms with van der Waals surface area (Å²) in [5.41, 5.74) is 5.93. The highest BCUT2D eigenvalue weighted by Crippen LogP contribution is 2.54. The van der Waals surface area contributed by atoms with E-state index in [1.807, 2.05) is 12.1 Å². The lowest BCUT2D eigenvalue weighted by Crippen LogP contribution is -2.05. The monoisotopic (exact) mass is 376 g/mol. The van der Waals surface area contributed by atoms with Crippen LogP contribution in [-0.4, -0.2) is 28.4 Å². The third kappa shape index (κ3) is 2.85. The average Bonchev–Trinajstić information content (AvgIpc) is 3.05. The summed E-state index contributed by atoms with van der Waals surface area (Å²) < 4.78 is 22.5. The first kappa shape index (κ1) is 18.2. The molecule has 0 fully saturated rings. The molecule has 4 heteroatoms. The summed E-state index contributed by atoms with van der Waals surface area (Å²) in [4.78, 5) is 0. The van der Waals surface area contributed by atoms with Crippen molar-refractivity contribution < 1.29 is 18.9 Å². The van der Waals surface area contributed by atoms with Crippen molar-refractivity contribution in [1.29, 1.82) is 0 Å². The average molecular weight is 376 g/mol. The summed E-state index contributed by atoms with van der Waals surface area (Å²) in [5, 5.41) is 0. The Bertz CT molecular complexity index is 995. The molecule has 3 aromatic carbocycles. The van der Waals surface area contributed by atoms with Crippen molar-refractivity contribution in [1.82, 2.24) is 0 Å². The lowest BCUT2D eigenvalue weighted by atomic mass is 9.89. The second-order valence-electron chi connectivity index (χ2n) is 6.80. The third-order valence-electron chi connectivity index (χ3n) is 5.44. The van der Waals surface area contributed by atoms with Crippen molar-refractivity contribution in [3.63, 3.8) is 0 Å². The molecule has 0 saturated heterocycles. The van der Waals surface area contributed by atoms with Gasteiger partial charge in [-0.2, -0.15) is 0 Å². The van der Waals surface area contributed by atoms with Gasteiger partial charge in [-0.1, -0.05) is 36.4 Å². The standard InChI is InChI=1S/C24H24O4/c1-25-20-11-10-16-17-13-21(26-2)22(27-3)14-18(17)19(23(16)24(20)28-4)12-15-8-6-5-7-9-15/h5-11,13-14,19H,12H2,1-4H3. The Hall–Kier alpha value is -3.14. The van der Waals surface area contributed by atoms with E-state index in [0.29, 0.717) is 0 Å². The van der Waals surface area contributed by atoms with Crippen LogP contribution >= 0.6 is 0 Å². The molecule has 0 radical (unpaired) electrons. The van der Waals surface area contributed by atoms with Crippen molar-refractivity contribution in [3.05, 3.63) is 71.3 Å².